The van der Waals surface area contributed by atoms with Gasteiger partial charge in [-0.05, 0) is 50.0 Å². The van der Waals surface area contributed by atoms with Gasteiger partial charge < -0.3 is 5.73 Å². The molecule has 0 amide bonds. The zero-order valence-electron chi connectivity index (χ0n) is 11.3. The molecule has 1 rings (SSSR count). The van der Waals surface area contributed by atoms with E-state index in [1.807, 2.05) is 0 Å². The van der Waals surface area contributed by atoms with Crippen molar-refractivity contribution in [3.63, 3.8) is 0 Å². The molecule has 1 heteroatoms. The fraction of sp³-hybridized carbons (Fsp3) is 0.867. The number of allylic oxidation sites excluding steroid dienone is 1. The highest BCUT2D eigenvalue weighted by molar-refractivity contribution is 5.08. The second-order valence-corrected chi connectivity index (χ2v) is 5.33. The molecule has 94 valence electrons. The quantitative estimate of drug-likeness (QED) is 0.615. The van der Waals surface area contributed by atoms with Gasteiger partial charge in [0.25, 0.3) is 0 Å². The first-order valence-corrected chi connectivity index (χ1v) is 7.14. The van der Waals surface area contributed by atoms with Crippen molar-refractivity contribution in [2.75, 3.05) is 6.54 Å². The van der Waals surface area contributed by atoms with Crippen molar-refractivity contribution >= 4 is 0 Å². The maximum absolute atomic E-state index is 5.82. The van der Waals surface area contributed by atoms with Crippen molar-refractivity contribution < 1.29 is 0 Å². The van der Waals surface area contributed by atoms with E-state index in [4.69, 9.17) is 5.73 Å². The SMILES string of the molecule is CCCC(C=C(CC)CC1CC1CC)CN. The monoisotopic (exact) mass is 223 g/mol. The Kier molecular flexibility index (Phi) is 6.12. The van der Waals surface area contributed by atoms with Crippen LogP contribution in [0.5, 0.6) is 0 Å². The molecule has 1 fully saturated rings. The third kappa shape index (κ3) is 4.29. The normalized spacial score (nSPS) is 26.9. The summed E-state index contributed by atoms with van der Waals surface area (Å²) in [5, 5.41) is 0. The Morgan fingerprint density at radius 3 is 2.50 bits per heavy atom. The highest BCUT2D eigenvalue weighted by Crippen LogP contribution is 2.45. The number of hydrogen-bond acceptors (Lipinski definition) is 1. The van der Waals surface area contributed by atoms with Crippen molar-refractivity contribution in [1.82, 2.24) is 0 Å². The summed E-state index contributed by atoms with van der Waals surface area (Å²) in [6.07, 6.45) is 10.4. The molecule has 0 radical (unpaired) electrons. The molecule has 1 nitrogen and oxygen atoms in total. The molecule has 0 aliphatic heterocycles. The fourth-order valence-electron chi connectivity index (χ4n) is 2.70. The molecular formula is C15H29N. The van der Waals surface area contributed by atoms with Gasteiger partial charge in [0.05, 0.1) is 0 Å². The van der Waals surface area contributed by atoms with Crippen molar-refractivity contribution in [2.24, 2.45) is 23.5 Å². The Morgan fingerprint density at radius 1 is 1.31 bits per heavy atom. The zero-order valence-corrected chi connectivity index (χ0v) is 11.3. The average molecular weight is 223 g/mol. The van der Waals surface area contributed by atoms with Crippen LogP contribution >= 0.6 is 0 Å². The number of hydrogen-bond donors (Lipinski definition) is 1. The Bertz CT molecular complexity index is 219. The first-order chi connectivity index (χ1) is 7.74. The first kappa shape index (κ1) is 13.8. The molecule has 1 saturated carbocycles. The van der Waals surface area contributed by atoms with E-state index in [0.717, 1.165) is 18.4 Å². The molecule has 2 N–H and O–H groups in total. The van der Waals surface area contributed by atoms with Crippen LogP contribution in [0.2, 0.25) is 0 Å². The molecule has 16 heavy (non-hydrogen) atoms. The average Bonchev–Trinajstić information content (AvgIpc) is 3.05. The van der Waals surface area contributed by atoms with Crippen LogP contribution in [0.25, 0.3) is 0 Å². The molecule has 1 aliphatic carbocycles. The zero-order chi connectivity index (χ0) is 12.0. The van der Waals surface area contributed by atoms with Gasteiger partial charge in [-0.25, -0.2) is 0 Å². The first-order valence-electron chi connectivity index (χ1n) is 7.14. The standard InChI is InChI=1S/C15H29N/c1-4-7-13(11-16)8-12(5-2)9-15-10-14(15)6-3/h8,13-15H,4-7,9-11,16H2,1-3H3. The summed E-state index contributed by atoms with van der Waals surface area (Å²) in [5.41, 5.74) is 7.47. The predicted octanol–water partition coefficient (Wildman–Crippen LogP) is 4.13. The molecule has 0 aromatic heterocycles. The minimum atomic E-state index is 0.624. The van der Waals surface area contributed by atoms with Crippen LogP contribution in [-0.2, 0) is 0 Å². The smallest absolute Gasteiger partial charge is 0.00141 e. The van der Waals surface area contributed by atoms with E-state index < -0.39 is 0 Å². The Hall–Kier alpha value is -0.300. The van der Waals surface area contributed by atoms with E-state index in [-0.39, 0.29) is 0 Å². The Morgan fingerprint density at radius 2 is 2.06 bits per heavy atom. The minimum Gasteiger partial charge on any atom is -0.330 e. The fourth-order valence-corrected chi connectivity index (χ4v) is 2.70. The van der Waals surface area contributed by atoms with E-state index in [1.54, 1.807) is 5.57 Å². The highest BCUT2D eigenvalue weighted by atomic mass is 14.5. The molecule has 3 unspecified atom stereocenters. The molecule has 0 heterocycles. The van der Waals surface area contributed by atoms with Crippen LogP contribution in [0.1, 0.15) is 59.3 Å². The summed E-state index contributed by atoms with van der Waals surface area (Å²) in [5.74, 6) is 2.65. The summed E-state index contributed by atoms with van der Waals surface area (Å²) in [4.78, 5) is 0. The highest BCUT2D eigenvalue weighted by Gasteiger charge is 2.35. The summed E-state index contributed by atoms with van der Waals surface area (Å²) >= 11 is 0. The van der Waals surface area contributed by atoms with Gasteiger partial charge in [-0.2, -0.15) is 0 Å². The maximum atomic E-state index is 5.82. The predicted molar refractivity (Wildman–Crippen MR) is 72.3 cm³/mol. The molecule has 1 aliphatic rings. The van der Waals surface area contributed by atoms with Gasteiger partial charge in [0.1, 0.15) is 0 Å². The summed E-state index contributed by atoms with van der Waals surface area (Å²) < 4.78 is 0. The van der Waals surface area contributed by atoms with Crippen molar-refractivity contribution in [3.8, 4) is 0 Å². The van der Waals surface area contributed by atoms with Crippen molar-refractivity contribution in [1.29, 1.82) is 0 Å². The molecule has 3 atom stereocenters. The topological polar surface area (TPSA) is 26.0 Å². The molecule has 0 bridgehead atoms. The van der Waals surface area contributed by atoms with Crippen LogP contribution in [0, 0.1) is 17.8 Å². The van der Waals surface area contributed by atoms with Gasteiger partial charge >= 0.3 is 0 Å². The van der Waals surface area contributed by atoms with Crippen LogP contribution in [0.4, 0.5) is 0 Å². The van der Waals surface area contributed by atoms with Crippen molar-refractivity contribution in [2.45, 2.75) is 59.3 Å². The van der Waals surface area contributed by atoms with Crippen LogP contribution in [0.3, 0.4) is 0 Å². The molecule has 0 spiro atoms. The van der Waals surface area contributed by atoms with E-state index in [2.05, 4.69) is 26.8 Å². The summed E-state index contributed by atoms with van der Waals surface area (Å²) in [6, 6.07) is 0. The van der Waals surface area contributed by atoms with E-state index in [9.17, 15) is 0 Å². The van der Waals surface area contributed by atoms with E-state index in [0.29, 0.717) is 5.92 Å². The molecule has 0 saturated heterocycles. The van der Waals surface area contributed by atoms with Crippen LogP contribution in [-0.4, -0.2) is 6.54 Å². The maximum Gasteiger partial charge on any atom is -0.00141 e. The van der Waals surface area contributed by atoms with E-state index in [1.165, 1.54) is 38.5 Å². The van der Waals surface area contributed by atoms with Gasteiger partial charge in [0.15, 0.2) is 0 Å². The lowest BCUT2D eigenvalue weighted by Crippen LogP contribution is -2.12. The lowest BCUT2D eigenvalue weighted by molar-refractivity contribution is 0.578. The van der Waals surface area contributed by atoms with Gasteiger partial charge in [-0.15, -0.1) is 0 Å². The van der Waals surface area contributed by atoms with Gasteiger partial charge in [0, 0.05) is 0 Å². The minimum absolute atomic E-state index is 0.624. The molecule has 0 aromatic carbocycles. The Labute approximate surface area is 101 Å². The largest absolute Gasteiger partial charge is 0.330 e. The molecular weight excluding hydrogens is 194 g/mol. The van der Waals surface area contributed by atoms with Gasteiger partial charge in [-0.3, -0.25) is 0 Å². The van der Waals surface area contributed by atoms with E-state index >= 15 is 0 Å². The second kappa shape index (κ2) is 7.11. The number of nitrogens with two attached hydrogens (primary N) is 1. The van der Waals surface area contributed by atoms with Crippen LogP contribution < -0.4 is 5.73 Å². The summed E-state index contributed by atoms with van der Waals surface area (Å²) in [7, 11) is 0. The lowest BCUT2D eigenvalue weighted by Gasteiger charge is -2.12. The lowest BCUT2D eigenvalue weighted by atomic mass is 9.96. The summed E-state index contributed by atoms with van der Waals surface area (Å²) in [6.45, 7) is 7.67. The Balaban J connectivity index is 2.42. The van der Waals surface area contributed by atoms with Crippen molar-refractivity contribution in [3.05, 3.63) is 11.6 Å². The van der Waals surface area contributed by atoms with Gasteiger partial charge in [0.2, 0.25) is 0 Å². The van der Waals surface area contributed by atoms with Gasteiger partial charge in [-0.1, -0.05) is 45.3 Å². The third-order valence-electron chi connectivity index (χ3n) is 4.01. The number of rotatable bonds is 8. The third-order valence-corrected chi connectivity index (χ3v) is 4.01. The second-order valence-electron chi connectivity index (χ2n) is 5.33. The van der Waals surface area contributed by atoms with Crippen LogP contribution in [0.15, 0.2) is 11.6 Å². The molecule has 0 aromatic rings.